The molecule has 2 aromatic rings. The molecule has 2 N–H and O–H groups in total. The molecule has 1 saturated heterocycles. The number of sulfonamides is 1. The summed E-state index contributed by atoms with van der Waals surface area (Å²) in [5.74, 6) is -3.31. The lowest BCUT2D eigenvalue weighted by Gasteiger charge is -2.17. The van der Waals surface area contributed by atoms with Crippen molar-refractivity contribution in [3.05, 3.63) is 54.1 Å². The lowest BCUT2D eigenvalue weighted by atomic mass is 10.1. The third kappa shape index (κ3) is 5.47. The summed E-state index contributed by atoms with van der Waals surface area (Å²) in [4.78, 5) is 26.0. The molecule has 0 spiro atoms. The lowest BCUT2D eigenvalue weighted by Crippen LogP contribution is -2.35. The van der Waals surface area contributed by atoms with Crippen LogP contribution in [0, 0.1) is 17.6 Å². The van der Waals surface area contributed by atoms with Gasteiger partial charge >= 0.3 is 0 Å². The van der Waals surface area contributed by atoms with Crippen molar-refractivity contribution in [2.75, 3.05) is 30.5 Å². The fourth-order valence-corrected chi connectivity index (χ4v) is 4.62. The number of amides is 2. The Bertz CT molecular complexity index is 1110. The number of hydrogen-bond donors (Lipinski definition) is 2. The molecular formula is C21H23F2N3O5S. The Labute approximate surface area is 184 Å². The first kappa shape index (κ1) is 23.8. The van der Waals surface area contributed by atoms with Gasteiger partial charge in [-0.05, 0) is 43.3 Å². The minimum Gasteiger partial charge on any atom is -0.383 e. The molecule has 11 heteroatoms. The van der Waals surface area contributed by atoms with Crippen LogP contribution in [0.1, 0.15) is 13.3 Å². The molecule has 1 aliphatic rings. The van der Waals surface area contributed by atoms with Crippen molar-refractivity contribution >= 4 is 33.2 Å². The van der Waals surface area contributed by atoms with E-state index in [9.17, 15) is 26.8 Å². The van der Waals surface area contributed by atoms with Gasteiger partial charge < -0.3 is 15.0 Å². The van der Waals surface area contributed by atoms with Gasteiger partial charge in [-0.15, -0.1) is 0 Å². The molecule has 1 aliphatic heterocycles. The fraction of sp³-hybridized carbons (Fsp3) is 0.333. The van der Waals surface area contributed by atoms with Gasteiger partial charge in [0.05, 0.1) is 23.1 Å². The second-order valence-corrected chi connectivity index (χ2v) is 9.21. The van der Waals surface area contributed by atoms with Crippen LogP contribution in [0.2, 0.25) is 0 Å². The molecule has 0 aromatic heterocycles. The van der Waals surface area contributed by atoms with E-state index in [0.717, 1.165) is 17.0 Å². The smallest absolute Gasteiger partial charge is 0.240 e. The molecule has 1 fully saturated rings. The van der Waals surface area contributed by atoms with Crippen molar-refractivity contribution in [2.24, 2.45) is 5.92 Å². The van der Waals surface area contributed by atoms with Crippen LogP contribution in [0.15, 0.2) is 47.4 Å². The molecule has 0 aliphatic carbocycles. The van der Waals surface area contributed by atoms with Gasteiger partial charge in [0.25, 0.3) is 0 Å². The zero-order valence-corrected chi connectivity index (χ0v) is 18.3. The number of halogens is 2. The van der Waals surface area contributed by atoms with Crippen LogP contribution in [0.4, 0.5) is 20.2 Å². The van der Waals surface area contributed by atoms with Crippen molar-refractivity contribution in [3.63, 3.8) is 0 Å². The average molecular weight is 467 g/mol. The molecule has 172 valence electrons. The number of benzene rings is 2. The molecule has 2 aromatic carbocycles. The Balaban J connectivity index is 1.64. The summed E-state index contributed by atoms with van der Waals surface area (Å²) in [6.45, 7) is 1.83. The van der Waals surface area contributed by atoms with E-state index in [2.05, 4.69) is 10.0 Å². The Hall–Kier alpha value is -2.89. The van der Waals surface area contributed by atoms with Crippen LogP contribution >= 0.6 is 0 Å². The van der Waals surface area contributed by atoms with Crippen LogP contribution in [0.25, 0.3) is 0 Å². The van der Waals surface area contributed by atoms with Gasteiger partial charge in [-0.1, -0.05) is 0 Å². The van der Waals surface area contributed by atoms with Gasteiger partial charge in [0.15, 0.2) is 0 Å². The number of nitrogens with one attached hydrogen (secondary N) is 2. The Morgan fingerprint density at radius 1 is 1.22 bits per heavy atom. The molecular weight excluding hydrogens is 444 g/mol. The Morgan fingerprint density at radius 2 is 1.91 bits per heavy atom. The third-order valence-corrected chi connectivity index (χ3v) is 6.51. The number of hydrogen-bond acceptors (Lipinski definition) is 5. The average Bonchev–Trinajstić information content (AvgIpc) is 3.10. The van der Waals surface area contributed by atoms with E-state index in [1.54, 1.807) is 6.92 Å². The number of rotatable bonds is 8. The largest absolute Gasteiger partial charge is 0.383 e. The number of nitrogens with zero attached hydrogens (tertiary/aromatic N) is 1. The van der Waals surface area contributed by atoms with Gasteiger partial charge in [0, 0.05) is 37.9 Å². The van der Waals surface area contributed by atoms with E-state index >= 15 is 0 Å². The minimum absolute atomic E-state index is 0.0208. The highest BCUT2D eigenvalue weighted by atomic mass is 32.2. The second-order valence-electron chi connectivity index (χ2n) is 7.49. The molecule has 0 saturated carbocycles. The van der Waals surface area contributed by atoms with E-state index in [1.807, 2.05) is 0 Å². The van der Waals surface area contributed by atoms with Crippen LogP contribution in [0.3, 0.4) is 0 Å². The normalized spacial score (nSPS) is 17.4. The SMILES string of the molecule is COCC(C)NS(=O)(=O)c1ccc(NC(=O)C2CC(=O)N(c3ccc(F)cc3F)C2)cc1. The summed E-state index contributed by atoms with van der Waals surface area (Å²) in [6.07, 6.45) is -0.129. The highest BCUT2D eigenvalue weighted by molar-refractivity contribution is 7.89. The van der Waals surface area contributed by atoms with Crippen molar-refractivity contribution < 1.29 is 31.5 Å². The van der Waals surface area contributed by atoms with Gasteiger partial charge in [0.1, 0.15) is 11.6 Å². The van der Waals surface area contributed by atoms with Crippen LogP contribution < -0.4 is 14.9 Å². The monoisotopic (exact) mass is 467 g/mol. The van der Waals surface area contributed by atoms with E-state index in [-0.39, 0.29) is 30.2 Å². The number of ether oxygens (including phenoxy) is 1. The maximum atomic E-state index is 14.0. The summed E-state index contributed by atoms with van der Waals surface area (Å²) >= 11 is 0. The number of carbonyl (C=O) groups is 2. The molecule has 2 unspecified atom stereocenters. The summed E-state index contributed by atoms with van der Waals surface area (Å²) < 4.78 is 59.3. The van der Waals surface area contributed by atoms with Gasteiger partial charge in [0.2, 0.25) is 21.8 Å². The molecule has 0 bridgehead atoms. The minimum atomic E-state index is -3.75. The van der Waals surface area contributed by atoms with Crippen molar-refractivity contribution in [1.82, 2.24) is 4.72 Å². The number of anilines is 2. The van der Waals surface area contributed by atoms with Gasteiger partial charge in [-0.2, -0.15) is 0 Å². The molecule has 0 radical (unpaired) electrons. The van der Waals surface area contributed by atoms with Gasteiger partial charge in [-0.3, -0.25) is 9.59 Å². The van der Waals surface area contributed by atoms with Gasteiger partial charge in [-0.25, -0.2) is 21.9 Å². The maximum Gasteiger partial charge on any atom is 0.240 e. The number of carbonyl (C=O) groups excluding carboxylic acids is 2. The summed E-state index contributed by atoms with van der Waals surface area (Å²) in [7, 11) is -2.28. The first-order chi connectivity index (χ1) is 15.1. The molecule has 2 atom stereocenters. The summed E-state index contributed by atoms with van der Waals surface area (Å²) in [5.41, 5.74) is 0.259. The standard InChI is InChI=1S/C21H23F2N3O5S/c1-13(12-31-2)25-32(29,30)17-6-4-16(5-7-17)24-21(28)14-9-20(27)26(11-14)19-8-3-15(22)10-18(19)23/h3-8,10,13-14,25H,9,11-12H2,1-2H3,(H,24,28). The van der Waals surface area contributed by atoms with E-state index in [0.29, 0.717) is 11.8 Å². The highest BCUT2D eigenvalue weighted by Gasteiger charge is 2.36. The van der Waals surface area contributed by atoms with Crippen molar-refractivity contribution in [3.8, 4) is 0 Å². The maximum absolute atomic E-state index is 14.0. The lowest BCUT2D eigenvalue weighted by molar-refractivity contribution is -0.122. The van der Waals surface area contributed by atoms with Crippen molar-refractivity contribution in [2.45, 2.75) is 24.3 Å². The molecule has 3 rings (SSSR count). The van der Waals surface area contributed by atoms with Crippen molar-refractivity contribution in [1.29, 1.82) is 0 Å². The Morgan fingerprint density at radius 3 is 2.53 bits per heavy atom. The zero-order chi connectivity index (χ0) is 23.5. The molecule has 2 amide bonds. The number of methoxy groups -OCH3 is 1. The highest BCUT2D eigenvalue weighted by Crippen LogP contribution is 2.28. The van der Waals surface area contributed by atoms with E-state index in [1.165, 1.54) is 31.4 Å². The first-order valence-corrected chi connectivity index (χ1v) is 11.3. The van der Waals surface area contributed by atoms with Crippen LogP contribution in [-0.4, -0.2) is 46.5 Å². The third-order valence-electron chi connectivity index (χ3n) is 4.90. The van der Waals surface area contributed by atoms with Crippen LogP contribution in [0.5, 0.6) is 0 Å². The fourth-order valence-electron chi connectivity index (χ4n) is 3.39. The molecule has 1 heterocycles. The van der Waals surface area contributed by atoms with Crippen LogP contribution in [-0.2, 0) is 24.3 Å². The predicted molar refractivity (Wildman–Crippen MR) is 114 cm³/mol. The second kappa shape index (κ2) is 9.72. The van der Waals surface area contributed by atoms with E-state index in [4.69, 9.17) is 4.74 Å². The summed E-state index contributed by atoms with van der Waals surface area (Å²) in [5, 5.41) is 2.63. The molecule has 32 heavy (non-hydrogen) atoms. The molecule has 8 nitrogen and oxygen atoms in total. The summed E-state index contributed by atoms with van der Waals surface area (Å²) in [6, 6.07) is 8.01. The zero-order valence-electron chi connectivity index (χ0n) is 17.5. The topological polar surface area (TPSA) is 105 Å². The Kier molecular flexibility index (Phi) is 7.22. The predicted octanol–water partition coefficient (Wildman–Crippen LogP) is 2.27. The quantitative estimate of drug-likeness (QED) is 0.620. The van der Waals surface area contributed by atoms with E-state index < -0.39 is 45.4 Å². The first-order valence-electron chi connectivity index (χ1n) is 9.78.